The zero-order valence-electron chi connectivity index (χ0n) is 22.1. The molecule has 1 heterocycles. The minimum Gasteiger partial charge on any atom is -0.457 e. The molecule has 1 aliphatic rings. The van der Waals surface area contributed by atoms with Gasteiger partial charge in [-0.25, -0.2) is 0 Å². The summed E-state index contributed by atoms with van der Waals surface area (Å²) in [6, 6.07) is 33.6. The molecule has 0 spiro atoms. The van der Waals surface area contributed by atoms with Gasteiger partial charge in [0.05, 0.1) is 0 Å². The monoisotopic (exact) mass is 470 g/mol. The molecule has 0 saturated heterocycles. The van der Waals surface area contributed by atoms with E-state index in [1.54, 1.807) is 0 Å². The highest BCUT2D eigenvalue weighted by molar-refractivity contribution is 5.95. The van der Waals surface area contributed by atoms with E-state index in [1.165, 1.54) is 49.4 Å². The Labute approximate surface area is 214 Å². The van der Waals surface area contributed by atoms with Crippen molar-refractivity contribution in [2.24, 2.45) is 0 Å². The van der Waals surface area contributed by atoms with Crippen molar-refractivity contribution in [3.63, 3.8) is 0 Å². The first kappa shape index (κ1) is 22.9. The Balaban J connectivity index is 1.66. The summed E-state index contributed by atoms with van der Waals surface area (Å²) in [5.74, 6) is 2.01. The van der Waals surface area contributed by atoms with Gasteiger partial charge >= 0.3 is 0 Å². The smallest absolute Gasteiger partial charge is 0.132 e. The van der Waals surface area contributed by atoms with Crippen molar-refractivity contribution in [1.82, 2.24) is 0 Å². The third-order valence-corrected chi connectivity index (χ3v) is 7.71. The lowest BCUT2D eigenvalue weighted by Gasteiger charge is -2.32. The van der Waals surface area contributed by atoms with Gasteiger partial charge in [0.1, 0.15) is 11.5 Å². The molecular weight excluding hydrogens is 436 g/mol. The zero-order valence-corrected chi connectivity index (χ0v) is 22.1. The Morgan fingerprint density at radius 1 is 0.528 bits per heavy atom. The average molecular weight is 471 g/mol. The molecular formula is C35H34O. The van der Waals surface area contributed by atoms with Crippen molar-refractivity contribution in [2.45, 2.75) is 58.3 Å². The SMILES string of the molecule is CC(C)(C)c1ccc2c3c(ccc2c1)Oc1ccc2cc(C(C)(C)C)ccc2c1C3c1ccccc1. The lowest BCUT2D eigenvalue weighted by Crippen LogP contribution is -2.14. The van der Waals surface area contributed by atoms with Gasteiger partial charge in [-0.15, -0.1) is 0 Å². The van der Waals surface area contributed by atoms with E-state index in [0.717, 1.165) is 11.5 Å². The van der Waals surface area contributed by atoms with E-state index in [1.807, 2.05) is 0 Å². The van der Waals surface area contributed by atoms with Crippen molar-refractivity contribution in [3.05, 3.63) is 119 Å². The molecule has 36 heavy (non-hydrogen) atoms. The van der Waals surface area contributed by atoms with Crippen LogP contribution in [-0.2, 0) is 10.8 Å². The van der Waals surface area contributed by atoms with Crippen LogP contribution >= 0.6 is 0 Å². The fourth-order valence-electron chi connectivity index (χ4n) is 5.62. The third-order valence-electron chi connectivity index (χ3n) is 7.71. The number of benzene rings is 5. The first-order valence-electron chi connectivity index (χ1n) is 13.0. The van der Waals surface area contributed by atoms with Crippen molar-refractivity contribution < 1.29 is 4.74 Å². The van der Waals surface area contributed by atoms with Crippen LogP contribution < -0.4 is 4.74 Å². The van der Waals surface area contributed by atoms with Crippen LogP contribution in [0, 0.1) is 0 Å². The third kappa shape index (κ3) is 3.69. The van der Waals surface area contributed by atoms with E-state index in [2.05, 4.69) is 133 Å². The van der Waals surface area contributed by atoms with Crippen LogP contribution in [0.25, 0.3) is 21.5 Å². The maximum absolute atomic E-state index is 6.64. The molecule has 0 aliphatic carbocycles. The fourth-order valence-corrected chi connectivity index (χ4v) is 5.62. The molecule has 0 unspecified atom stereocenters. The van der Waals surface area contributed by atoms with Crippen molar-refractivity contribution in [1.29, 1.82) is 0 Å². The molecule has 0 saturated carbocycles. The highest BCUT2D eigenvalue weighted by atomic mass is 16.5. The van der Waals surface area contributed by atoms with Gasteiger partial charge in [-0.2, -0.15) is 0 Å². The number of rotatable bonds is 1. The van der Waals surface area contributed by atoms with Gasteiger partial charge in [-0.3, -0.25) is 0 Å². The summed E-state index contributed by atoms with van der Waals surface area (Å²) in [6.45, 7) is 13.6. The predicted octanol–water partition coefficient (Wildman–Crippen LogP) is 9.87. The predicted molar refractivity (Wildman–Crippen MR) is 153 cm³/mol. The van der Waals surface area contributed by atoms with Gasteiger partial charge in [-0.05, 0) is 61.2 Å². The normalized spacial score (nSPS) is 13.9. The van der Waals surface area contributed by atoms with E-state index < -0.39 is 0 Å². The largest absolute Gasteiger partial charge is 0.457 e. The maximum atomic E-state index is 6.64. The molecule has 6 rings (SSSR count). The number of hydrogen-bond donors (Lipinski definition) is 0. The summed E-state index contributed by atoms with van der Waals surface area (Å²) < 4.78 is 6.64. The van der Waals surface area contributed by atoms with Crippen LogP contribution in [0.5, 0.6) is 11.5 Å². The summed E-state index contributed by atoms with van der Waals surface area (Å²) in [5.41, 5.74) is 6.73. The molecule has 0 atom stereocenters. The number of ether oxygens (including phenoxy) is 1. The lowest BCUT2D eigenvalue weighted by atomic mass is 9.77. The van der Waals surface area contributed by atoms with Crippen LogP contribution in [0.15, 0.2) is 91.0 Å². The summed E-state index contributed by atoms with van der Waals surface area (Å²) in [6.07, 6.45) is 0. The van der Waals surface area contributed by atoms with Gasteiger partial charge in [0.25, 0.3) is 0 Å². The second-order valence-corrected chi connectivity index (χ2v) is 12.3. The van der Waals surface area contributed by atoms with Crippen LogP contribution in [-0.4, -0.2) is 0 Å². The first-order valence-corrected chi connectivity index (χ1v) is 13.0. The number of fused-ring (bicyclic) bond motifs is 6. The van der Waals surface area contributed by atoms with Gasteiger partial charge in [0, 0.05) is 17.0 Å². The lowest BCUT2D eigenvalue weighted by molar-refractivity contribution is 0.456. The van der Waals surface area contributed by atoms with E-state index in [4.69, 9.17) is 4.74 Å². The highest BCUT2D eigenvalue weighted by Gasteiger charge is 2.32. The van der Waals surface area contributed by atoms with Gasteiger partial charge in [0.15, 0.2) is 0 Å². The minimum atomic E-state index is 0.0957. The summed E-state index contributed by atoms with van der Waals surface area (Å²) in [7, 11) is 0. The molecule has 1 aliphatic heterocycles. The molecule has 0 amide bonds. The molecule has 5 aromatic carbocycles. The zero-order chi connectivity index (χ0) is 25.2. The van der Waals surface area contributed by atoms with E-state index >= 15 is 0 Å². The Bertz CT molecular complexity index is 1510. The molecule has 5 aromatic rings. The van der Waals surface area contributed by atoms with Crippen molar-refractivity contribution >= 4 is 21.5 Å². The molecule has 0 radical (unpaired) electrons. The van der Waals surface area contributed by atoms with E-state index in [9.17, 15) is 0 Å². The first-order chi connectivity index (χ1) is 17.1. The maximum Gasteiger partial charge on any atom is 0.132 e. The fraction of sp³-hybridized carbons (Fsp3) is 0.257. The Morgan fingerprint density at radius 2 is 1.00 bits per heavy atom. The minimum absolute atomic E-state index is 0.0957. The van der Waals surface area contributed by atoms with Gasteiger partial charge < -0.3 is 4.74 Å². The second-order valence-electron chi connectivity index (χ2n) is 12.3. The van der Waals surface area contributed by atoms with E-state index in [0.29, 0.717) is 0 Å². The summed E-state index contributed by atoms with van der Waals surface area (Å²) in [5, 5.41) is 5.07. The molecule has 180 valence electrons. The van der Waals surface area contributed by atoms with Crippen molar-refractivity contribution in [3.8, 4) is 11.5 Å². The quantitative estimate of drug-likeness (QED) is 0.232. The summed E-state index contributed by atoms with van der Waals surface area (Å²) in [4.78, 5) is 0. The van der Waals surface area contributed by atoms with Crippen molar-refractivity contribution in [2.75, 3.05) is 0 Å². The molecule has 0 fully saturated rings. The number of hydrogen-bond acceptors (Lipinski definition) is 1. The molecule has 0 bridgehead atoms. The highest BCUT2D eigenvalue weighted by Crippen LogP contribution is 2.52. The summed E-state index contributed by atoms with van der Waals surface area (Å²) >= 11 is 0. The van der Waals surface area contributed by atoms with Crippen LogP contribution in [0.1, 0.15) is 75.3 Å². The average Bonchev–Trinajstić information content (AvgIpc) is 2.85. The standard InChI is InChI=1S/C35H34O/c1-34(2,3)25-14-16-27-23(20-25)12-18-29-32(27)31(22-10-8-7-9-11-22)33-28-17-15-26(35(4,5)6)21-24(28)13-19-30(33)36-29/h7-21,31H,1-6H3. The Morgan fingerprint density at radius 3 is 1.44 bits per heavy atom. The van der Waals surface area contributed by atoms with Crippen LogP contribution in [0.2, 0.25) is 0 Å². The van der Waals surface area contributed by atoms with E-state index in [-0.39, 0.29) is 16.7 Å². The molecule has 0 aromatic heterocycles. The molecule has 1 heteroatoms. The van der Waals surface area contributed by atoms with Gasteiger partial charge in [-0.1, -0.05) is 120 Å². The van der Waals surface area contributed by atoms with Crippen LogP contribution in [0.4, 0.5) is 0 Å². The Kier molecular flexibility index (Phi) is 5.06. The second kappa shape index (κ2) is 7.96. The Hall–Kier alpha value is -3.58. The molecule has 0 N–H and O–H groups in total. The molecule has 1 nitrogen and oxygen atoms in total. The topological polar surface area (TPSA) is 9.23 Å². The van der Waals surface area contributed by atoms with Crippen LogP contribution in [0.3, 0.4) is 0 Å². The van der Waals surface area contributed by atoms with Gasteiger partial charge in [0.2, 0.25) is 0 Å².